The number of aromatic amines is 1. The van der Waals surface area contributed by atoms with Crippen LogP contribution >= 0.6 is 0 Å². The van der Waals surface area contributed by atoms with Crippen molar-refractivity contribution in [2.45, 2.75) is 0 Å². The van der Waals surface area contributed by atoms with Crippen molar-refractivity contribution in [3.63, 3.8) is 0 Å². The maximum absolute atomic E-state index is 11.6. The second-order valence-electron chi connectivity index (χ2n) is 2.52. The van der Waals surface area contributed by atoms with Crippen molar-refractivity contribution in [2.75, 3.05) is 0 Å². The first-order valence-electron chi connectivity index (χ1n) is 3.66. The molecule has 6 heteroatoms. The summed E-state index contributed by atoms with van der Waals surface area (Å²) in [5, 5.41) is 10.0. The van der Waals surface area contributed by atoms with Crippen LogP contribution in [0.4, 0.5) is 0 Å². The lowest BCUT2D eigenvalue weighted by atomic mass is 10.2. The van der Waals surface area contributed by atoms with Crippen molar-refractivity contribution in [3.8, 4) is 0 Å². The fourth-order valence-electron chi connectivity index (χ4n) is 1.01. The molecule has 2 aromatic heterocycles. The third kappa shape index (κ3) is 1.22. The van der Waals surface area contributed by atoms with Crippen LogP contribution in [0.15, 0.2) is 18.7 Å². The molecule has 0 saturated heterocycles. The molecule has 0 fully saturated rings. The molecule has 0 aromatic carbocycles. The van der Waals surface area contributed by atoms with Crippen molar-refractivity contribution in [1.29, 1.82) is 0 Å². The molecule has 0 aliphatic heterocycles. The van der Waals surface area contributed by atoms with E-state index >= 15 is 0 Å². The van der Waals surface area contributed by atoms with E-state index < -0.39 is 0 Å². The zero-order valence-corrected chi connectivity index (χ0v) is 6.93. The summed E-state index contributed by atoms with van der Waals surface area (Å²) in [5.41, 5.74) is 0.483. The van der Waals surface area contributed by atoms with Crippen LogP contribution < -0.4 is 0 Å². The molecule has 13 heavy (non-hydrogen) atoms. The second-order valence-corrected chi connectivity index (χ2v) is 2.52. The Morgan fingerprint density at radius 1 is 1.62 bits per heavy atom. The zero-order valence-electron chi connectivity index (χ0n) is 6.93. The molecular formula is C7H7N5O. The quantitative estimate of drug-likeness (QED) is 0.643. The van der Waals surface area contributed by atoms with Crippen LogP contribution in [0.3, 0.4) is 0 Å². The van der Waals surface area contributed by atoms with E-state index in [0.717, 1.165) is 0 Å². The van der Waals surface area contributed by atoms with Crippen LogP contribution in [-0.4, -0.2) is 30.7 Å². The minimum Gasteiger partial charge on any atom is -0.285 e. The van der Waals surface area contributed by atoms with Gasteiger partial charge >= 0.3 is 0 Å². The minimum absolute atomic E-state index is 0.186. The topological polar surface area (TPSA) is 76.5 Å². The Morgan fingerprint density at radius 3 is 3.00 bits per heavy atom. The summed E-state index contributed by atoms with van der Waals surface area (Å²) in [6.07, 6.45) is 4.32. The second kappa shape index (κ2) is 2.81. The normalized spacial score (nSPS) is 10.2. The van der Waals surface area contributed by atoms with Crippen molar-refractivity contribution < 1.29 is 4.79 Å². The first kappa shape index (κ1) is 7.66. The summed E-state index contributed by atoms with van der Waals surface area (Å²) in [6, 6.07) is 0. The average molecular weight is 177 g/mol. The molecule has 0 amide bonds. The van der Waals surface area contributed by atoms with Gasteiger partial charge in [-0.25, -0.2) is 9.67 Å². The number of hydrogen-bond acceptors (Lipinski definition) is 4. The van der Waals surface area contributed by atoms with E-state index in [1.54, 1.807) is 7.05 Å². The van der Waals surface area contributed by atoms with Crippen molar-refractivity contribution in [2.24, 2.45) is 7.05 Å². The fourth-order valence-corrected chi connectivity index (χ4v) is 1.01. The molecule has 6 nitrogen and oxygen atoms in total. The van der Waals surface area contributed by atoms with Crippen LogP contribution in [0.5, 0.6) is 0 Å². The summed E-state index contributed by atoms with van der Waals surface area (Å²) >= 11 is 0. The van der Waals surface area contributed by atoms with Crippen LogP contribution in [-0.2, 0) is 7.05 Å². The lowest BCUT2D eigenvalue weighted by molar-refractivity contribution is 0.102. The van der Waals surface area contributed by atoms with Gasteiger partial charge in [0.05, 0.1) is 11.8 Å². The number of H-pyrrole nitrogens is 1. The third-order valence-corrected chi connectivity index (χ3v) is 1.67. The van der Waals surface area contributed by atoms with E-state index in [1.165, 1.54) is 23.4 Å². The number of hydrogen-bond donors (Lipinski definition) is 1. The standard InChI is InChI=1S/C7H7N5O/c1-12-7(8-4-11-12)6(13)5-2-9-10-3-5/h2-4H,1H3,(H,9,10). The summed E-state index contributed by atoms with van der Waals surface area (Å²) in [5.74, 6) is 0.121. The molecule has 2 heterocycles. The predicted octanol–water partition coefficient (Wildman–Crippen LogP) is -0.231. The SMILES string of the molecule is Cn1ncnc1C(=O)c1cn[nH]c1. The molecule has 2 aromatic rings. The van der Waals surface area contributed by atoms with Gasteiger partial charge in [-0.2, -0.15) is 10.2 Å². The van der Waals surface area contributed by atoms with Gasteiger partial charge in [0.1, 0.15) is 6.33 Å². The number of nitrogens with zero attached hydrogens (tertiary/aromatic N) is 4. The molecule has 0 spiro atoms. The van der Waals surface area contributed by atoms with E-state index in [-0.39, 0.29) is 5.78 Å². The van der Waals surface area contributed by atoms with E-state index in [9.17, 15) is 4.79 Å². The van der Waals surface area contributed by atoms with Crippen LogP contribution in [0.1, 0.15) is 16.2 Å². The van der Waals surface area contributed by atoms with Crippen molar-refractivity contribution >= 4 is 5.78 Å². The highest BCUT2D eigenvalue weighted by atomic mass is 16.1. The lowest BCUT2D eigenvalue weighted by Gasteiger charge is -1.94. The predicted molar refractivity (Wildman–Crippen MR) is 43.0 cm³/mol. The number of ketones is 1. The molecular weight excluding hydrogens is 170 g/mol. The lowest BCUT2D eigenvalue weighted by Crippen LogP contribution is -2.08. The van der Waals surface area contributed by atoms with Crippen molar-refractivity contribution in [3.05, 3.63) is 30.1 Å². The largest absolute Gasteiger partial charge is 0.285 e. The van der Waals surface area contributed by atoms with Gasteiger partial charge < -0.3 is 0 Å². The Bertz CT molecular complexity index is 416. The Morgan fingerprint density at radius 2 is 2.46 bits per heavy atom. The van der Waals surface area contributed by atoms with Crippen LogP contribution in [0.25, 0.3) is 0 Å². The molecule has 0 bridgehead atoms. The van der Waals surface area contributed by atoms with Gasteiger partial charge in [-0.3, -0.25) is 9.89 Å². The first-order chi connectivity index (χ1) is 6.29. The van der Waals surface area contributed by atoms with Gasteiger partial charge in [0.15, 0.2) is 5.82 Å². The monoisotopic (exact) mass is 177 g/mol. The molecule has 0 aliphatic carbocycles. The van der Waals surface area contributed by atoms with Crippen molar-refractivity contribution in [1.82, 2.24) is 25.0 Å². The van der Waals surface area contributed by atoms with Gasteiger partial charge in [-0.05, 0) is 0 Å². The van der Waals surface area contributed by atoms with Gasteiger partial charge in [0.25, 0.3) is 0 Å². The minimum atomic E-state index is -0.186. The maximum Gasteiger partial charge on any atom is 0.233 e. The molecule has 0 aliphatic rings. The van der Waals surface area contributed by atoms with Crippen LogP contribution in [0.2, 0.25) is 0 Å². The Hall–Kier alpha value is -1.98. The molecule has 2 rings (SSSR count). The Balaban J connectivity index is 2.39. The number of nitrogens with one attached hydrogen (secondary N) is 1. The van der Waals surface area contributed by atoms with Gasteiger partial charge in [-0.15, -0.1) is 0 Å². The molecule has 66 valence electrons. The summed E-state index contributed by atoms with van der Waals surface area (Å²) in [4.78, 5) is 15.4. The highest BCUT2D eigenvalue weighted by Gasteiger charge is 2.14. The Kier molecular flexibility index (Phi) is 1.66. The van der Waals surface area contributed by atoms with E-state index in [1.807, 2.05) is 0 Å². The van der Waals surface area contributed by atoms with Gasteiger partial charge in [0.2, 0.25) is 5.78 Å². The Labute approximate surface area is 73.6 Å². The fraction of sp³-hybridized carbons (Fsp3) is 0.143. The van der Waals surface area contributed by atoms with Crippen LogP contribution in [0, 0.1) is 0 Å². The van der Waals surface area contributed by atoms with E-state index in [0.29, 0.717) is 11.4 Å². The molecule has 1 N–H and O–H groups in total. The van der Waals surface area contributed by atoms with Gasteiger partial charge in [-0.1, -0.05) is 0 Å². The number of carbonyl (C=O) groups excluding carboxylic acids is 1. The molecule has 0 unspecified atom stereocenters. The first-order valence-corrected chi connectivity index (χ1v) is 3.66. The number of carbonyl (C=O) groups is 1. The van der Waals surface area contributed by atoms with Gasteiger partial charge in [0, 0.05) is 13.2 Å². The summed E-state index contributed by atoms with van der Waals surface area (Å²) in [6.45, 7) is 0. The summed E-state index contributed by atoms with van der Waals surface area (Å²) < 4.78 is 1.43. The smallest absolute Gasteiger partial charge is 0.233 e. The number of aryl methyl sites for hydroxylation is 1. The highest BCUT2D eigenvalue weighted by Crippen LogP contribution is 2.02. The average Bonchev–Trinajstić information content (AvgIpc) is 2.72. The molecule has 0 atom stereocenters. The summed E-state index contributed by atoms with van der Waals surface area (Å²) in [7, 11) is 1.67. The zero-order chi connectivity index (χ0) is 9.26. The third-order valence-electron chi connectivity index (χ3n) is 1.67. The van der Waals surface area contributed by atoms with E-state index in [4.69, 9.17) is 0 Å². The van der Waals surface area contributed by atoms with E-state index in [2.05, 4.69) is 20.3 Å². The maximum atomic E-state index is 11.6. The number of aromatic nitrogens is 5. The molecule has 0 radical (unpaired) electrons. The molecule has 0 saturated carbocycles. The number of rotatable bonds is 2. The highest BCUT2D eigenvalue weighted by molar-refractivity contribution is 6.06.